The Kier molecular flexibility index (Phi) is 15.6. The van der Waals surface area contributed by atoms with E-state index in [9.17, 15) is 26.3 Å². The van der Waals surface area contributed by atoms with Crippen molar-refractivity contribution in [3.63, 3.8) is 0 Å². The van der Waals surface area contributed by atoms with Gasteiger partial charge in [0.05, 0.1) is 43.5 Å². The predicted molar refractivity (Wildman–Crippen MR) is 204 cm³/mol. The number of hydrogen-bond donors (Lipinski definition) is 2. The smallest absolute Gasteiger partial charge is 0.435 e. The third kappa shape index (κ3) is 13.0. The molecule has 0 radical (unpaired) electrons. The van der Waals surface area contributed by atoms with Crippen LogP contribution < -0.4 is 19.3 Å². The maximum absolute atomic E-state index is 13.0. The van der Waals surface area contributed by atoms with Crippen LogP contribution in [0.1, 0.15) is 44.6 Å². The molecule has 56 heavy (non-hydrogen) atoms. The summed E-state index contributed by atoms with van der Waals surface area (Å²) in [6, 6.07) is 18.6. The van der Waals surface area contributed by atoms with Gasteiger partial charge in [-0.2, -0.15) is 26.3 Å². The van der Waals surface area contributed by atoms with E-state index in [0.717, 1.165) is 33.3 Å². The topological polar surface area (TPSA) is 100 Å². The Morgan fingerprint density at radius 3 is 1.77 bits per heavy atom. The zero-order chi connectivity index (χ0) is 40.8. The standard InChI is InChI=1S/C15H17F4N3O.C14H17F2N3O.C10H9ClN2/c1-10(2)22(8-11-7-20-9-21-11)12-4-3-5-13(6-12)23-15(18,19)14(16)17;1-10(2)19(8-11-7-17-9-18-11)12-4-3-5-13(6-12)20-14(15)16;1-8-2-3-9(6-10(8)11)13-5-4-12-7-13/h3-7,9-10,14H,8H2,1-2H3,(H,20,21);3-7,9-10,14H,8H2,1-2H3,(H,17,18);2-7H,1H3. The summed E-state index contributed by atoms with van der Waals surface area (Å²) in [5.41, 5.74) is 5.32. The van der Waals surface area contributed by atoms with E-state index < -0.39 is 19.1 Å². The molecule has 3 aromatic heterocycles. The van der Waals surface area contributed by atoms with Crippen LogP contribution in [0.5, 0.6) is 11.5 Å². The first-order chi connectivity index (χ1) is 26.6. The molecule has 2 N–H and O–H groups in total. The maximum atomic E-state index is 13.0. The number of imidazole rings is 3. The van der Waals surface area contributed by atoms with Gasteiger partial charge in [-0.3, -0.25) is 0 Å². The van der Waals surface area contributed by atoms with Crippen LogP contribution in [0.15, 0.2) is 110 Å². The third-order valence-corrected chi connectivity index (χ3v) is 8.43. The van der Waals surface area contributed by atoms with Gasteiger partial charge in [0, 0.05) is 71.1 Å². The Morgan fingerprint density at radius 1 is 0.768 bits per heavy atom. The molecule has 0 aliphatic carbocycles. The molecule has 0 aliphatic rings. The fourth-order valence-corrected chi connectivity index (χ4v) is 5.35. The molecule has 0 bridgehead atoms. The van der Waals surface area contributed by atoms with Crippen molar-refractivity contribution in [2.24, 2.45) is 0 Å². The molecule has 10 nitrogen and oxygen atoms in total. The molecular formula is C39H43ClF6N8O2. The number of nitrogens with zero attached hydrogens (tertiary/aromatic N) is 6. The van der Waals surface area contributed by atoms with E-state index in [1.165, 1.54) is 30.6 Å². The molecule has 6 rings (SSSR count). The Hall–Kier alpha value is -5.64. The van der Waals surface area contributed by atoms with E-state index in [0.29, 0.717) is 18.8 Å². The van der Waals surface area contributed by atoms with Gasteiger partial charge < -0.3 is 33.8 Å². The van der Waals surface area contributed by atoms with Crippen molar-refractivity contribution < 1.29 is 35.8 Å². The summed E-state index contributed by atoms with van der Waals surface area (Å²) in [5, 5.41) is 0.784. The molecular weight excluding hydrogens is 762 g/mol. The van der Waals surface area contributed by atoms with E-state index in [1.54, 1.807) is 49.4 Å². The Morgan fingerprint density at radius 2 is 1.32 bits per heavy atom. The fourth-order valence-electron chi connectivity index (χ4n) is 5.17. The van der Waals surface area contributed by atoms with Crippen LogP contribution in [0.2, 0.25) is 5.02 Å². The SMILES string of the molecule is CC(C)N(Cc1cnc[nH]1)c1cccc(OC(F)(F)C(F)F)c1.CC(C)N(Cc1cnc[nH]1)c1cccc(OC(F)F)c1.Cc1ccc(-n2ccnc2)cc1Cl. The lowest BCUT2D eigenvalue weighted by atomic mass is 10.2. The average molecular weight is 805 g/mol. The molecule has 0 unspecified atom stereocenters. The number of benzene rings is 3. The second-order valence-electron chi connectivity index (χ2n) is 12.8. The van der Waals surface area contributed by atoms with Crippen LogP contribution in [-0.4, -0.2) is 60.7 Å². The summed E-state index contributed by atoms with van der Waals surface area (Å²) in [5.74, 6) is -0.157. The van der Waals surface area contributed by atoms with E-state index in [4.69, 9.17) is 11.6 Å². The van der Waals surface area contributed by atoms with Crippen LogP contribution in [0.25, 0.3) is 5.69 Å². The number of ether oxygens (including phenoxy) is 2. The summed E-state index contributed by atoms with van der Waals surface area (Å²) in [6.45, 7) is 8.19. The van der Waals surface area contributed by atoms with Gasteiger partial charge in [-0.05, 0) is 76.6 Å². The van der Waals surface area contributed by atoms with Gasteiger partial charge in [-0.1, -0.05) is 29.8 Å². The highest BCUT2D eigenvalue weighted by Crippen LogP contribution is 2.31. The van der Waals surface area contributed by atoms with Gasteiger partial charge in [0.1, 0.15) is 11.5 Å². The van der Waals surface area contributed by atoms with E-state index in [2.05, 4.69) is 39.3 Å². The van der Waals surface area contributed by atoms with Gasteiger partial charge in [0.15, 0.2) is 0 Å². The molecule has 0 aliphatic heterocycles. The van der Waals surface area contributed by atoms with Crippen molar-refractivity contribution in [1.29, 1.82) is 0 Å². The van der Waals surface area contributed by atoms with Crippen molar-refractivity contribution in [2.75, 3.05) is 9.80 Å². The Bertz CT molecular complexity index is 2010. The normalized spacial score (nSPS) is 11.3. The zero-order valence-electron chi connectivity index (χ0n) is 31.3. The molecule has 17 heteroatoms. The number of anilines is 2. The molecule has 6 aromatic rings. The zero-order valence-corrected chi connectivity index (χ0v) is 32.0. The lowest BCUT2D eigenvalue weighted by Gasteiger charge is -2.29. The predicted octanol–water partition coefficient (Wildman–Crippen LogP) is 10.3. The minimum atomic E-state index is -4.52. The maximum Gasteiger partial charge on any atom is 0.461 e. The van der Waals surface area contributed by atoms with Crippen molar-refractivity contribution in [3.8, 4) is 17.2 Å². The molecule has 3 heterocycles. The van der Waals surface area contributed by atoms with Crippen molar-refractivity contribution in [3.05, 3.63) is 132 Å². The van der Waals surface area contributed by atoms with Crippen LogP contribution in [0.4, 0.5) is 37.7 Å². The van der Waals surface area contributed by atoms with Crippen molar-refractivity contribution >= 4 is 23.0 Å². The van der Waals surface area contributed by atoms with E-state index in [1.807, 2.05) is 74.5 Å². The van der Waals surface area contributed by atoms with Gasteiger partial charge in [0.25, 0.3) is 0 Å². The molecule has 0 atom stereocenters. The Labute approximate surface area is 326 Å². The fraction of sp³-hybridized carbons (Fsp3) is 0.308. The van der Waals surface area contributed by atoms with Crippen molar-refractivity contribution in [2.45, 2.75) is 78.9 Å². The van der Waals surface area contributed by atoms with Gasteiger partial charge in [0.2, 0.25) is 0 Å². The van der Waals surface area contributed by atoms with Crippen LogP contribution in [0, 0.1) is 6.92 Å². The molecule has 300 valence electrons. The highest BCUT2D eigenvalue weighted by atomic mass is 35.5. The first-order valence-electron chi connectivity index (χ1n) is 17.3. The second-order valence-corrected chi connectivity index (χ2v) is 13.2. The third-order valence-electron chi connectivity index (χ3n) is 8.03. The molecule has 0 saturated carbocycles. The van der Waals surface area contributed by atoms with Crippen LogP contribution in [0.3, 0.4) is 0 Å². The number of aromatic nitrogens is 6. The number of H-pyrrole nitrogens is 2. The summed E-state index contributed by atoms with van der Waals surface area (Å²) < 4.78 is 85.6. The number of aromatic amines is 2. The van der Waals surface area contributed by atoms with Crippen LogP contribution in [-0.2, 0) is 13.1 Å². The first kappa shape index (κ1) is 43.1. The molecule has 0 spiro atoms. The number of hydrogen-bond acceptors (Lipinski definition) is 7. The summed E-state index contributed by atoms with van der Waals surface area (Å²) >= 11 is 6.00. The van der Waals surface area contributed by atoms with Crippen molar-refractivity contribution in [1.82, 2.24) is 29.5 Å². The summed E-state index contributed by atoms with van der Waals surface area (Å²) in [7, 11) is 0. The minimum absolute atomic E-state index is 0.0455. The summed E-state index contributed by atoms with van der Waals surface area (Å²) in [4.78, 5) is 21.8. The van der Waals surface area contributed by atoms with E-state index >= 15 is 0 Å². The highest BCUT2D eigenvalue weighted by Gasteiger charge is 2.44. The number of alkyl halides is 6. The number of nitrogens with one attached hydrogen (secondary N) is 2. The quantitative estimate of drug-likeness (QED) is 0.106. The monoisotopic (exact) mass is 804 g/mol. The highest BCUT2D eigenvalue weighted by molar-refractivity contribution is 6.31. The molecule has 0 fully saturated rings. The Balaban J connectivity index is 0.000000193. The second kappa shape index (κ2) is 20.3. The number of halogens is 7. The number of aryl methyl sites for hydroxylation is 1. The van der Waals surface area contributed by atoms with Gasteiger partial charge in [-0.15, -0.1) is 0 Å². The van der Waals surface area contributed by atoms with Crippen LogP contribution >= 0.6 is 11.6 Å². The lowest BCUT2D eigenvalue weighted by molar-refractivity contribution is -0.253. The van der Waals surface area contributed by atoms with Gasteiger partial charge >= 0.3 is 19.1 Å². The first-order valence-corrected chi connectivity index (χ1v) is 17.7. The molecule has 0 amide bonds. The minimum Gasteiger partial charge on any atom is -0.435 e. The summed E-state index contributed by atoms with van der Waals surface area (Å²) in [6.07, 6.45) is 3.52. The molecule has 3 aromatic carbocycles. The lowest BCUT2D eigenvalue weighted by Crippen LogP contribution is -2.34. The number of rotatable bonds is 14. The van der Waals surface area contributed by atoms with Gasteiger partial charge in [-0.25, -0.2) is 15.0 Å². The molecule has 0 saturated heterocycles. The largest absolute Gasteiger partial charge is 0.461 e. The van der Waals surface area contributed by atoms with E-state index in [-0.39, 0.29) is 23.6 Å². The average Bonchev–Trinajstić information content (AvgIpc) is 3.96.